The average molecular weight is 332 g/mol. The van der Waals surface area contributed by atoms with Crippen LogP contribution in [0.2, 0.25) is 0 Å². The largest absolute Gasteiger partial charge is 0.394 e. The summed E-state index contributed by atoms with van der Waals surface area (Å²) < 4.78 is 0. The number of nitrogens with one attached hydrogen (secondary N) is 1. The van der Waals surface area contributed by atoms with Crippen LogP contribution in [0.15, 0.2) is 42.5 Å². The number of rotatable bonds is 6. The Kier molecular flexibility index (Phi) is 5.61. The highest BCUT2D eigenvalue weighted by Gasteiger charge is 2.15. The van der Waals surface area contributed by atoms with E-state index < -0.39 is 4.92 Å². The number of aliphatic hydroxyl groups is 1. The van der Waals surface area contributed by atoms with Crippen molar-refractivity contribution < 1.29 is 14.8 Å². The number of nitro groups is 1. The number of hydrogen-bond acceptors (Lipinski definition) is 5. The maximum atomic E-state index is 11.6. The number of benzene rings is 1. The molecule has 1 aromatic heterocycles. The number of carbonyl (C=O) groups is 1. The summed E-state index contributed by atoms with van der Waals surface area (Å²) in [4.78, 5) is 23.8. The molecule has 2 aromatic rings. The lowest BCUT2D eigenvalue weighted by atomic mass is 10.1. The Bertz CT molecular complexity index is 739. The monoisotopic (exact) mass is 332 g/mol. The molecule has 0 fully saturated rings. The molecule has 0 aliphatic carbocycles. The smallest absolute Gasteiger partial charge is 0.278 e. The fourth-order valence-electron chi connectivity index (χ4n) is 1.92. The van der Waals surface area contributed by atoms with Crippen molar-refractivity contribution in [3.05, 3.63) is 57.5 Å². The van der Waals surface area contributed by atoms with Crippen LogP contribution < -0.4 is 5.32 Å². The van der Waals surface area contributed by atoms with Crippen LogP contribution in [0.1, 0.15) is 11.8 Å². The highest BCUT2D eigenvalue weighted by Crippen LogP contribution is 2.34. The van der Waals surface area contributed by atoms with E-state index >= 15 is 0 Å². The average Bonchev–Trinajstić information content (AvgIpc) is 3.01. The van der Waals surface area contributed by atoms with Gasteiger partial charge in [-0.3, -0.25) is 14.9 Å². The van der Waals surface area contributed by atoms with E-state index in [1.54, 1.807) is 43.3 Å². The molecule has 1 amide bonds. The summed E-state index contributed by atoms with van der Waals surface area (Å²) >= 11 is 1.36. The predicted molar refractivity (Wildman–Crippen MR) is 90.1 cm³/mol. The molecule has 0 radical (unpaired) electrons. The lowest BCUT2D eigenvalue weighted by Crippen LogP contribution is -2.33. The van der Waals surface area contributed by atoms with Gasteiger partial charge in [-0.1, -0.05) is 12.1 Å². The number of aliphatic hydroxyl groups excluding tert-OH is 1. The minimum atomic E-state index is -0.408. The summed E-state index contributed by atoms with van der Waals surface area (Å²) in [6.07, 6.45) is 3.02. The Hall–Kier alpha value is -2.51. The van der Waals surface area contributed by atoms with Gasteiger partial charge in [-0.25, -0.2) is 0 Å². The van der Waals surface area contributed by atoms with Crippen LogP contribution >= 0.6 is 11.3 Å². The van der Waals surface area contributed by atoms with Crippen LogP contribution in [0.25, 0.3) is 16.5 Å². The summed E-state index contributed by atoms with van der Waals surface area (Å²) in [5.74, 6) is -0.299. The molecule has 0 spiro atoms. The fourth-order valence-corrected chi connectivity index (χ4v) is 2.87. The number of para-hydroxylation sites is 1. The summed E-state index contributed by atoms with van der Waals surface area (Å²) in [5.41, 5.74) is 0.611. The minimum Gasteiger partial charge on any atom is -0.394 e. The molecule has 0 aliphatic heterocycles. The zero-order valence-electron chi connectivity index (χ0n) is 12.4. The third-order valence-electron chi connectivity index (χ3n) is 3.05. The number of carbonyl (C=O) groups excluding carboxylic acids is 1. The van der Waals surface area contributed by atoms with Gasteiger partial charge in [0.1, 0.15) is 0 Å². The normalized spacial score (nSPS) is 12.3. The van der Waals surface area contributed by atoms with E-state index in [4.69, 9.17) is 5.11 Å². The topological polar surface area (TPSA) is 92.5 Å². The summed E-state index contributed by atoms with van der Waals surface area (Å²) in [7, 11) is 0. The van der Waals surface area contributed by atoms with E-state index in [2.05, 4.69) is 5.32 Å². The predicted octanol–water partition coefficient (Wildman–Crippen LogP) is 2.83. The number of thiophene rings is 1. The van der Waals surface area contributed by atoms with E-state index in [0.717, 1.165) is 9.75 Å². The second kappa shape index (κ2) is 7.66. The van der Waals surface area contributed by atoms with Gasteiger partial charge in [0.25, 0.3) is 5.69 Å². The first-order valence-corrected chi connectivity index (χ1v) is 7.76. The van der Waals surface area contributed by atoms with E-state index in [1.807, 2.05) is 0 Å². The maximum absolute atomic E-state index is 11.6. The molecular weight excluding hydrogens is 316 g/mol. The van der Waals surface area contributed by atoms with Crippen molar-refractivity contribution in [1.29, 1.82) is 0 Å². The quantitative estimate of drug-likeness (QED) is 0.483. The Balaban J connectivity index is 2.16. The molecule has 120 valence electrons. The Labute approximate surface area is 137 Å². The van der Waals surface area contributed by atoms with Crippen LogP contribution in [0, 0.1) is 10.1 Å². The first-order valence-electron chi connectivity index (χ1n) is 6.94. The standard InChI is InChI=1S/C16H16N2O4S/c1-11(10-19)17-16(20)9-7-12-6-8-15(23-12)13-4-2-3-5-14(13)18(21)22/h2-9,11,19H,10H2,1H3,(H,17,20)/b9-7+. The zero-order chi connectivity index (χ0) is 16.8. The molecular formula is C16H16N2O4S. The molecule has 6 nitrogen and oxygen atoms in total. The number of amides is 1. The van der Waals surface area contributed by atoms with Crippen molar-refractivity contribution in [2.45, 2.75) is 13.0 Å². The number of nitro benzene ring substituents is 1. The van der Waals surface area contributed by atoms with Gasteiger partial charge in [-0.15, -0.1) is 11.3 Å². The lowest BCUT2D eigenvalue weighted by Gasteiger charge is -2.07. The van der Waals surface area contributed by atoms with Gasteiger partial charge in [-0.05, 0) is 31.2 Å². The molecule has 7 heteroatoms. The molecule has 0 saturated carbocycles. The van der Waals surface area contributed by atoms with Gasteiger partial charge in [0, 0.05) is 27.9 Å². The van der Waals surface area contributed by atoms with E-state index in [1.165, 1.54) is 23.5 Å². The minimum absolute atomic E-state index is 0.0550. The molecule has 1 heterocycles. The van der Waals surface area contributed by atoms with Gasteiger partial charge < -0.3 is 10.4 Å². The molecule has 2 rings (SSSR count). The van der Waals surface area contributed by atoms with Crippen LogP contribution in [-0.4, -0.2) is 28.6 Å². The third-order valence-corrected chi connectivity index (χ3v) is 4.14. The van der Waals surface area contributed by atoms with E-state index in [9.17, 15) is 14.9 Å². The second-order valence-corrected chi connectivity index (χ2v) is 6.02. The maximum Gasteiger partial charge on any atom is 0.278 e. The SMILES string of the molecule is CC(CO)NC(=O)/C=C/c1ccc(-c2ccccc2[N+](=O)[O-])s1. The van der Waals surface area contributed by atoms with Crippen molar-refractivity contribution in [3.8, 4) is 10.4 Å². The van der Waals surface area contributed by atoms with Gasteiger partial charge in [-0.2, -0.15) is 0 Å². The summed E-state index contributed by atoms with van der Waals surface area (Å²) in [6.45, 7) is 1.57. The molecule has 1 unspecified atom stereocenters. The highest BCUT2D eigenvalue weighted by molar-refractivity contribution is 7.16. The molecule has 0 saturated heterocycles. The number of nitrogens with zero attached hydrogens (tertiary/aromatic N) is 1. The Morgan fingerprint density at radius 2 is 2.13 bits per heavy atom. The highest BCUT2D eigenvalue weighted by atomic mass is 32.1. The van der Waals surface area contributed by atoms with Gasteiger partial charge in [0.05, 0.1) is 17.1 Å². The third kappa shape index (κ3) is 4.48. The molecule has 0 bridgehead atoms. The van der Waals surface area contributed by atoms with Crippen molar-refractivity contribution in [3.63, 3.8) is 0 Å². The summed E-state index contributed by atoms with van der Waals surface area (Å²) in [5, 5.41) is 22.6. The van der Waals surface area contributed by atoms with E-state index in [-0.39, 0.29) is 24.2 Å². The van der Waals surface area contributed by atoms with Gasteiger partial charge in [0.2, 0.25) is 5.91 Å². The van der Waals surface area contributed by atoms with Crippen molar-refractivity contribution in [1.82, 2.24) is 5.32 Å². The molecule has 0 aliphatic rings. The Morgan fingerprint density at radius 3 is 2.83 bits per heavy atom. The molecule has 1 atom stereocenters. The summed E-state index contributed by atoms with van der Waals surface area (Å²) in [6, 6.07) is 9.83. The van der Waals surface area contributed by atoms with Crippen molar-refractivity contribution >= 4 is 29.0 Å². The first kappa shape index (κ1) is 16.9. The zero-order valence-corrected chi connectivity index (χ0v) is 13.2. The second-order valence-electron chi connectivity index (χ2n) is 4.90. The lowest BCUT2D eigenvalue weighted by molar-refractivity contribution is -0.384. The van der Waals surface area contributed by atoms with Crippen molar-refractivity contribution in [2.24, 2.45) is 0 Å². The van der Waals surface area contributed by atoms with Crippen LogP contribution in [-0.2, 0) is 4.79 Å². The molecule has 1 aromatic carbocycles. The van der Waals surface area contributed by atoms with Crippen LogP contribution in [0.3, 0.4) is 0 Å². The Morgan fingerprint density at radius 1 is 1.39 bits per heavy atom. The molecule has 23 heavy (non-hydrogen) atoms. The van der Waals surface area contributed by atoms with Crippen LogP contribution in [0.5, 0.6) is 0 Å². The van der Waals surface area contributed by atoms with Gasteiger partial charge in [0.15, 0.2) is 0 Å². The van der Waals surface area contributed by atoms with Crippen LogP contribution in [0.4, 0.5) is 5.69 Å². The van der Waals surface area contributed by atoms with Gasteiger partial charge >= 0.3 is 0 Å². The van der Waals surface area contributed by atoms with Crippen molar-refractivity contribution in [2.75, 3.05) is 6.61 Å². The first-order chi connectivity index (χ1) is 11.0. The fraction of sp³-hybridized carbons (Fsp3) is 0.188. The number of hydrogen-bond donors (Lipinski definition) is 2. The molecule has 2 N–H and O–H groups in total. The van der Waals surface area contributed by atoms with E-state index in [0.29, 0.717) is 5.56 Å².